The predicted molar refractivity (Wildman–Crippen MR) is 118 cm³/mol. The zero-order chi connectivity index (χ0) is 22.4. The van der Waals surface area contributed by atoms with E-state index in [0.29, 0.717) is 16.9 Å². The fourth-order valence-electron chi connectivity index (χ4n) is 4.41. The maximum Gasteiger partial charge on any atom is 0.325 e. The van der Waals surface area contributed by atoms with Crippen LogP contribution in [0.4, 0.5) is 11.4 Å². The number of hydrogen-bond donors (Lipinski definition) is 1. The van der Waals surface area contributed by atoms with Crippen LogP contribution in [-0.2, 0) is 42.6 Å². The first-order chi connectivity index (χ1) is 14.6. The van der Waals surface area contributed by atoms with Gasteiger partial charge in [0.1, 0.15) is 6.54 Å². The van der Waals surface area contributed by atoms with Crippen molar-refractivity contribution in [3.63, 3.8) is 0 Å². The lowest BCUT2D eigenvalue weighted by Gasteiger charge is -2.20. The van der Waals surface area contributed by atoms with E-state index in [9.17, 15) is 18.0 Å². The molecule has 0 bridgehead atoms. The molecular weight excluding hydrogens is 416 g/mol. The molecule has 0 saturated heterocycles. The average Bonchev–Trinajstić information content (AvgIpc) is 2.94. The van der Waals surface area contributed by atoms with Gasteiger partial charge in [0.05, 0.1) is 23.1 Å². The van der Waals surface area contributed by atoms with E-state index in [4.69, 9.17) is 4.74 Å². The van der Waals surface area contributed by atoms with Crippen molar-refractivity contribution >= 4 is 33.3 Å². The number of esters is 1. The smallest absolute Gasteiger partial charge is 0.325 e. The fourth-order valence-corrected chi connectivity index (χ4v) is 5.53. The Labute approximate surface area is 182 Å². The summed E-state index contributed by atoms with van der Waals surface area (Å²) in [5.74, 6) is -0.809. The van der Waals surface area contributed by atoms with Crippen LogP contribution in [0.5, 0.6) is 0 Å². The zero-order valence-corrected chi connectivity index (χ0v) is 18.7. The molecule has 2 aromatic carbocycles. The van der Waals surface area contributed by atoms with Crippen LogP contribution in [0.1, 0.15) is 43.4 Å². The number of nitrogens with one attached hydrogen (secondary N) is 1. The molecule has 0 aromatic heterocycles. The maximum atomic E-state index is 13.2. The van der Waals surface area contributed by atoms with Crippen molar-refractivity contribution in [1.29, 1.82) is 0 Å². The van der Waals surface area contributed by atoms with Crippen LogP contribution in [0.25, 0.3) is 0 Å². The average molecular weight is 443 g/mol. The molecule has 1 aliphatic heterocycles. The molecule has 1 amide bonds. The van der Waals surface area contributed by atoms with Gasteiger partial charge in [-0.3, -0.25) is 14.3 Å². The van der Waals surface area contributed by atoms with Crippen LogP contribution >= 0.6 is 0 Å². The second-order valence-electron chi connectivity index (χ2n) is 8.53. The van der Waals surface area contributed by atoms with E-state index in [-0.39, 0.29) is 17.3 Å². The van der Waals surface area contributed by atoms with E-state index >= 15 is 0 Å². The van der Waals surface area contributed by atoms with Crippen molar-refractivity contribution in [2.24, 2.45) is 0 Å². The highest BCUT2D eigenvalue weighted by molar-refractivity contribution is 7.92. The minimum Gasteiger partial charge on any atom is -0.468 e. The van der Waals surface area contributed by atoms with Crippen LogP contribution in [0.3, 0.4) is 0 Å². The van der Waals surface area contributed by atoms with Crippen molar-refractivity contribution in [1.82, 2.24) is 0 Å². The number of methoxy groups -OCH3 is 1. The molecule has 0 radical (unpaired) electrons. The third kappa shape index (κ3) is 3.69. The normalized spacial score (nSPS) is 17.1. The number of carbonyl (C=O) groups is 2. The van der Waals surface area contributed by atoms with E-state index in [0.717, 1.165) is 31.2 Å². The lowest BCUT2D eigenvalue weighted by molar-refractivity contribution is -0.140. The highest BCUT2D eigenvalue weighted by Gasteiger charge is 2.45. The Bertz CT molecular complexity index is 1170. The number of benzene rings is 2. The summed E-state index contributed by atoms with van der Waals surface area (Å²) in [6.45, 7) is 3.23. The van der Waals surface area contributed by atoms with Crippen LogP contribution in [0, 0.1) is 0 Å². The highest BCUT2D eigenvalue weighted by Crippen LogP contribution is 2.42. The largest absolute Gasteiger partial charge is 0.468 e. The molecule has 0 spiro atoms. The van der Waals surface area contributed by atoms with Crippen molar-refractivity contribution in [2.75, 3.05) is 23.3 Å². The molecular formula is C23H26N2O5S. The number of aryl methyl sites for hydroxylation is 1. The number of rotatable bonds is 5. The number of carbonyl (C=O) groups excluding carboxylic acids is 2. The Morgan fingerprint density at radius 2 is 1.90 bits per heavy atom. The molecule has 2 aromatic rings. The molecule has 31 heavy (non-hydrogen) atoms. The molecule has 8 heteroatoms. The monoisotopic (exact) mass is 442 g/mol. The van der Waals surface area contributed by atoms with Crippen molar-refractivity contribution in [3.8, 4) is 0 Å². The Kier molecular flexibility index (Phi) is 5.29. The first-order valence-corrected chi connectivity index (χ1v) is 11.8. The number of hydrogen-bond acceptors (Lipinski definition) is 5. The van der Waals surface area contributed by atoms with Gasteiger partial charge in [0.2, 0.25) is 5.91 Å². The molecule has 1 heterocycles. The quantitative estimate of drug-likeness (QED) is 0.718. The molecule has 0 unspecified atom stereocenters. The fraction of sp³-hybridized carbons (Fsp3) is 0.391. The van der Waals surface area contributed by atoms with Crippen LogP contribution in [0.2, 0.25) is 0 Å². The Hall–Kier alpha value is -2.87. The van der Waals surface area contributed by atoms with Gasteiger partial charge in [-0.1, -0.05) is 12.1 Å². The first-order valence-electron chi connectivity index (χ1n) is 10.3. The summed E-state index contributed by atoms with van der Waals surface area (Å²) in [5.41, 5.74) is 2.99. The summed E-state index contributed by atoms with van der Waals surface area (Å²) < 4.78 is 33.8. The van der Waals surface area contributed by atoms with Gasteiger partial charge >= 0.3 is 5.97 Å². The van der Waals surface area contributed by atoms with Crippen molar-refractivity contribution < 1.29 is 22.7 Å². The van der Waals surface area contributed by atoms with Gasteiger partial charge in [0, 0.05) is 5.69 Å². The minimum atomic E-state index is -3.85. The maximum absolute atomic E-state index is 13.2. The Morgan fingerprint density at radius 3 is 2.65 bits per heavy atom. The number of fused-ring (bicyclic) bond motifs is 2. The number of sulfonamides is 1. The lowest BCUT2D eigenvalue weighted by atomic mass is 9.86. The zero-order valence-electron chi connectivity index (χ0n) is 17.9. The van der Waals surface area contributed by atoms with E-state index < -0.39 is 21.4 Å². The number of amides is 1. The summed E-state index contributed by atoms with van der Waals surface area (Å²) in [5, 5.41) is 0. The molecule has 164 valence electrons. The summed E-state index contributed by atoms with van der Waals surface area (Å²) in [4.78, 5) is 26.1. The highest BCUT2D eigenvalue weighted by atomic mass is 32.2. The molecule has 1 N–H and O–H groups in total. The van der Waals surface area contributed by atoms with Gasteiger partial charge in [0.15, 0.2) is 0 Å². The number of nitrogens with zero attached hydrogens (tertiary/aromatic N) is 1. The van der Waals surface area contributed by atoms with Crippen LogP contribution < -0.4 is 9.62 Å². The van der Waals surface area contributed by atoms with Gasteiger partial charge in [-0.15, -0.1) is 0 Å². The van der Waals surface area contributed by atoms with Gasteiger partial charge in [0.25, 0.3) is 10.0 Å². The topological polar surface area (TPSA) is 92.8 Å². The van der Waals surface area contributed by atoms with Crippen molar-refractivity contribution in [3.05, 3.63) is 53.1 Å². The number of anilines is 2. The van der Waals surface area contributed by atoms with Crippen molar-refractivity contribution in [2.45, 2.75) is 49.8 Å². The Morgan fingerprint density at radius 1 is 1.16 bits per heavy atom. The van der Waals surface area contributed by atoms with E-state index in [1.54, 1.807) is 26.0 Å². The molecule has 2 aliphatic rings. The SMILES string of the molecule is COC(=O)CN1C(=O)C(C)(C)c2cc(S(=O)(=O)Nc3cccc4c3CCCC4)ccc21. The Balaban J connectivity index is 1.70. The molecule has 4 rings (SSSR count). The second kappa shape index (κ2) is 7.67. The van der Waals surface area contributed by atoms with E-state index in [1.807, 2.05) is 12.1 Å². The summed E-state index contributed by atoms with van der Waals surface area (Å²) in [6, 6.07) is 10.3. The molecule has 1 aliphatic carbocycles. The predicted octanol–water partition coefficient (Wildman–Crippen LogP) is 3.16. The van der Waals surface area contributed by atoms with Crippen LogP contribution in [-0.4, -0.2) is 33.9 Å². The molecule has 0 atom stereocenters. The third-order valence-electron chi connectivity index (χ3n) is 6.18. The van der Waals surface area contributed by atoms with Gasteiger partial charge < -0.3 is 9.64 Å². The van der Waals surface area contributed by atoms with Gasteiger partial charge in [-0.05, 0) is 80.5 Å². The second-order valence-corrected chi connectivity index (χ2v) is 10.2. The summed E-state index contributed by atoms with van der Waals surface area (Å²) in [6.07, 6.45) is 3.95. The number of ether oxygens (including phenoxy) is 1. The van der Waals surface area contributed by atoms with Gasteiger partial charge in [-0.25, -0.2) is 8.42 Å². The third-order valence-corrected chi connectivity index (χ3v) is 7.54. The van der Waals surface area contributed by atoms with Gasteiger partial charge in [-0.2, -0.15) is 0 Å². The van der Waals surface area contributed by atoms with E-state index in [2.05, 4.69) is 4.72 Å². The minimum absolute atomic E-state index is 0.0838. The summed E-state index contributed by atoms with van der Waals surface area (Å²) in [7, 11) is -2.59. The summed E-state index contributed by atoms with van der Waals surface area (Å²) >= 11 is 0. The molecule has 7 nitrogen and oxygen atoms in total. The standard InChI is InChI=1S/C23H26N2O5S/c1-23(2)18-13-16(11-12-20(18)25(22(23)27)14-21(26)30-3)31(28,29)24-19-10-6-8-15-7-4-5-9-17(15)19/h6,8,10-13,24H,4-5,7,9,14H2,1-3H3. The molecule has 0 fully saturated rings. The van der Waals surface area contributed by atoms with E-state index in [1.165, 1.54) is 29.7 Å². The lowest BCUT2D eigenvalue weighted by Crippen LogP contribution is -2.39. The molecule has 0 saturated carbocycles. The van der Waals surface area contributed by atoms with Crippen LogP contribution in [0.15, 0.2) is 41.3 Å². The first kappa shape index (κ1) is 21.4.